The van der Waals surface area contributed by atoms with E-state index in [2.05, 4.69) is 36.4 Å². The molecule has 6 N–H and O–H groups in total. The van der Waals surface area contributed by atoms with E-state index in [9.17, 15) is 48.1 Å². The SMILES string of the molecule is C=CCCC(=O)N[C@H]1CCN(CC(=O)OC2[C@@H](COP(=O)([O-])OC3C[C@H](n4ccc(N)nc4=O)O[C@@H]3COP(=O)([O-])[O-])O[C@@H](n3cnc4c(N)ncnc43)[C@H]2O)C1=O. The van der Waals surface area contributed by atoms with Gasteiger partial charge in [-0.2, -0.15) is 4.98 Å². The number of aliphatic hydroxyl groups is 1. The number of phosphoric acid groups is 2. The molecule has 58 heavy (non-hydrogen) atoms. The number of phosphoric ester groups is 2. The Hall–Kier alpha value is -4.72. The van der Waals surface area contributed by atoms with E-state index < -0.39 is 108 Å². The molecule has 28 heteroatoms. The fourth-order valence-corrected chi connectivity index (χ4v) is 7.74. The van der Waals surface area contributed by atoms with E-state index in [-0.39, 0.29) is 48.1 Å². The highest BCUT2D eigenvalue weighted by atomic mass is 31.2. The third-order valence-electron chi connectivity index (χ3n) is 9.17. The summed E-state index contributed by atoms with van der Waals surface area (Å²) in [7, 11) is -11.1. The summed E-state index contributed by atoms with van der Waals surface area (Å²) in [5.41, 5.74) is 10.7. The zero-order valence-electron chi connectivity index (χ0n) is 30.1. The summed E-state index contributed by atoms with van der Waals surface area (Å²) in [6.45, 7) is 1.05. The highest BCUT2D eigenvalue weighted by Crippen LogP contribution is 2.46. The number of nitrogens with zero attached hydrogens (tertiary/aromatic N) is 7. The molecule has 26 nitrogen and oxygen atoms in total. The van der Waals surface area contributed by atoms with E-state index in [4.69, 9.17) is 34.7 Å². The molecule has 3 aliphatic heterocycles. The van der Waals surface area contributed by atoms with Crippen molar-refractivity contribution < 1.29 is 71.1 Å². The van der Waals surface area contributed by atoms with Gasteiger partial charge in [0.15, 0.2) is 23.8 Å². The number of rotatable bonds is 17. The number of aromatic nitrogens is 6. The summed E-state index contributed by atoms with van der Waals surface area (Å²) in [6.07, 6.45) is -5.50. The van der Waals surface area contributed by atoms with Gasteiger partial charge in [0, 0.05) is 25.6 Å². The lowest BCUT2D eigenvalue weighted by Crippen LogP contribution is -2.44. The van der Waals surface area contributed by atoms with Crippen molar-refractivity contribution >= 4 is 56.2 Å². The maximum absolute atomic E-state index is 13.3. The molecule has 3 aliphatic rings. The number of ether oxygens (including phenoxy) is 3. The second-order valence-electron chi connectivity index (χ2n) is 13.1. The number of fused-ring (bicyclic) bond motifs is 1. The van der Waals surface area contributed by atoms with E-state index in [1.807, 2.05) is 0 Å². The minimum atomic E-state index is -5.58. The van der Waals surface area contributed by atoms with Gasteiger partial charge in [0.1, 0.15) is 54.8 Å². The number of carbonyl (C=O) groups is 3. The number of nitrogen functional groups attached to an aromatic ring is 2. The van der Waals surface area contributed by atoms with Crippen molar-refractivity contribution in [1.82, 2.24) is 39.3 Å². The first-order valence-electron chi connectivity index (χ1n) is 17.4. The van der Waals surface area contributed by atoms with E-state index in [1.165, 1.54) is 23.2 Å². The highest BCUT2D eigenvalue weighted by Gasteiger charge is 2.49. The molecule has 316 valence electrons. The van der Waals surface area contributed by atoms with Crippen LogP contribution in [0.3, 0.4) is 0 Å². The van der Waals surface area contributed by atoms with Crippen molar-refractivity contribution in [3.05, 3.63) is 48.1 Å². The van der Waals surface area contributed by atoms with Crippen LogP contribution >= 0.6 is 15.6 Å². The summed E-state index contributed by atoms with van der Waals surface area (Å²) in [4.78, 5) is 103. The van der Waals surface area contributed by atoms with Crippen molar-refractivity contribution in [2.75, 3.05) is 37.8 Å². The second kappa shape index (κ2) is 17.6. The molecule has 3 fully saturated rings. The van der Waals surface area contributed by atoms with Crippen LogP contribution in [0, 0.1) is 0 Å². The van der Waals surface area contributed by atoms with Crippen LogP contribution in [-0.2, 0) is 51.3 Å². The lowest BCUT2D eigenvalue weighted by molar-refractivity contribution is -0.343. The van der Waals surface area contributed by atoms with Gasteiger partial charge < -0.3 is 73.8 Å². The minimum absolute atomic E-state index is 0.0123. The van der Waals surface area contributed by atoms with E-state index in [0.29, 0.717) is 6.42 Å². The number of allylic oxidation sites excluding steroid dienone is 1. The van der Waals surface area contributed by atoms with Gasteiger partial charge in [0.05, 0.1) is 33.5 Å². The van der Waals surface area contributed by atoms with E-state index in [1.54, 1.807) is 6.08 Å². The van der Waals surface area contributed by atoms with E-state index >= 15 is 0 Å². The summed E-state index contributed by atoms with van der Waals surface area (Å²) >= 11 is 0. The first kappa shape index (κ1) is 42.9. The average Bonchev–Trinajstić information content (AvgIpc) is 3.91. The average molecular weight is 856 g/mol. The largest absolute Gasteiger partial charge is 0.790 e. The molecular formula is C30H37N10O16P2-3. The molecule has 3 aromatic heterocycles. The van der Waals surface area contributed by atoms with Crippen LogP contribution in [0.15, 0.2) is 42.4 Å². The van der Waals surface area contributed by atoms with Crippen LogP contribution in [0.4, 0.5) is 11.6 Å². The van der Waals surface area contributed by atoms with Crippen LogP contribution in [0.5, 0.6) is 0 Å². The van der Waals surface area contributed by atoms with Gasteiger partial charge in [-0.1, -0.05) is 6.08 Å². The number of hydrogen-bond donors (Lipinski definition) is 4. The molecular weight excluding hydrogens is 818 g/mol. The molecule has 0 radical (unpaired) electrons. The summed E-state index contributed by atoms with van der Waals surface area (Å²) in [6, 6.07) is 0.356. The van der Waals surface area contributed by atoms with Crippen molar-refractivity contribution in [1.29, 1.82) is 0 Å². The van der Waals surface area contributed by atoms with Crippen LogP contribution in [0.1, 0.15) is 38.1 Å². The third kappa shape index (κ3) is 10.1. The number of anilines is 2. The number of aliphatic hydroxyl groups excluding tert-OH is 1. The predicted octanol–water partition coefficient (Wildman–Crippen LogP) is -3.90. The maximum Gasteiger partial charge on any atom is 0.351 e. The van der Waals surface area contributed by atoms with Gasteiger partial charge in [0.2, 0.25) is 11.8 Å². The second-order valence-corrected chi connectivity index (χ2v) is 15.6. The van der Waals surface area contributed by atoms with Crippen LogP contribution in [-0.4, -0.2) is 120 Å². The third-order valence-corrected chi connectivity index (χ3v) is 10.6. The molecule has 3 saturated heterocycles. The molecule has 0 aliphatic carbocycles. The zero-order chi connectivity index (χ0) is 41.9. The quantitative estimate of drug-likeness (QED) is 0.0573. The predicted molar refractivity (Wildman–Crippen MR) is 186 cm³/mol. The first-order chi connectivity index (χ1) is 27.4. The lowest BCUT2D eigenvalue weighted by Gasteiger charge is -2.32. The van der Waals surface area contributed by atoms with Crippen molar-refractivity contribution in [2.24, 2.45) is 0 Å². The highest BCUT2D eigenvalue weighted by molar-refractivity contribution is 7.45. The fourth-order valence-electron chi connectivity index (χ4n) is 6.46. The lowest BCUT2D eigenvalue weighted by atomic mass is 10.1. The Labute approximate surface area is 326 Å². The van der Waals surface area contributed by atoms with E-state index in [0.717, 1.165) is 15.8 Å². The molecule has 0 bridgehead atoms. The minimum Gasteiger partial charge on any atom is -0.790 e. The van der Waals surface area contributed by atoms with Gasteiger partial charge in [-0.3, -0.25) is 28.1 Å². The molecule has 3 unspecified atom stereocenters. The molecule has 6 heterocycles. The number of hydrogen-bond acceptors (Lipinski definition) is 22. The summed E-state index contributed by atoms with van der Waals surface area (Å²) in [5, 5.41) is 14.1. The van der Waals surface area contributed by atoms with Gasteiger partial charge in [-0.15, -0.1) is 6.58 Å². The molecule has 6 rings (SSSR count). The van der Waals surface area contributed by atoms with Crippen molar-refractivity contribution in [3.8, 4) is 0 Å². The monoisotopic (exact) mass is 855 g/mol. The Morgan fingerprint density at radius 1 is 1.09 bits per heavy atom. The number of nitrogens with one attached hydrogen (secondary N) is 1. The number of nitrogens with two attached hydrogens (primary N) is 2. The Bertz CT molecular complexity index is 2180. The smallest absolute Gasteiger partial charge is 0.351 e. The number of esters is 1. The molecule has 9 atom stereocenters. The molecule has 0 aromatic carbocycles. The fraction of sp³-hybridized carbons (Fsp3) is 0.533. The normalized spacial score (nSPS) is 27.2. The topological polar surface area (TPSA) is 376 Å². The van der Waals surface area contributed by atoms with Crippen molar-refractivity contribution in [2.45, 2.75) is 74.7 Å². The van der Waals surface area contributed by atoms with Gasteiger partial charge in [-0.05, 0) is 18.9 Å². The Morgan fingerprint density at radius 2 is 1.84 bits per heavy atom. The molecule has 0 saturated carbocycles. The number of imidazole rings is 1. The first-order valence-corrected chi connectivity index (χ1v) is 20.3. The summed E-state index contributed by atoms with van der Waals surface area (Å²) < 4.78 is 58.3. The number of carbonyl (C=O) groups excluding carboxylic acids is 3. The Balaban J connectivity index is 1.16. The van der Waals surface area contributed by atoms with Crippen LogP contribution in [0.2, 0.25) is 0 Å². The van der Waals surface area contributed by atoms with Gasteiger partial charge in [-0.25, -0.2) is 19.7 Å². The van der Waals surface area contributed by atoms with Crippen LogP contribution in [0.25, 0.3) is 11.2 Å². The molecule has 0 spiro atoms. The summed E-state index contributed by atoms with van der Waals surface area (Å²) in [5.74, 6) is -2.11. The number of likely N-dealkylation sites (tertiary alicyclic amines) is 1. The zero-order valence-corrected chi connectivity index (χ0v) is 31.9. The number of amides is 2. The van der Waals surface area contributed by atoms with Gasteiger partial charge >= 0.3 is 11.7 Å². The van der Waals surface area contributed by atoms with Gasteiger partial charge in [0.25, 0.3) is 7.82 Å². The molecule has 2 amide bonds. The Kier molecular flexibility index (Phi) is 13.0. The Morgan fingerprint density at radius 3 is 2.57 bits per heavy atom. The van der Waals surface area contributed by atoms with Crippen molar-refractivity contribution in [3.63, 3.8) is 0 Å². The standard InChI is InChI=1S/C30H40N10O16P2/c1-2-3-4-20(41)36-15-5-7-38(28(15)44)10-22(42)55-25-18(54-29(24(25)43)40-14-35-23-26(32)33-13-34-27(23)40)12-52-58(49,50)56-16-9-21(39-8-6-19(31)37-30(39)45)53-17(16)11-51-57(46,47)48/h2,6,8,13-18,21,24-25,29,43H,1,3-5,7,9-12H2,(H,36,41)(H,49,50)(H2,31,37,45)(H2,32,33,34)(H2,46,47,48)/p-3/t15-,16?,17+,18+,21+,24-,25?,29+/m0/s1. The maximum atomic E-state index is 13.3. The van der Waals surface area contributed by atoms with Crippen LogP contribution < -0.4 is 37.2 Å². The molecule has 3 aromatic rings.